The van der Waals surface area contributed by atoms with Crippen molar-refractivity contribution in [1.29, 1.82) is 0 Å². The number of nitrogens with zero attached hydrogens (tertiary/aromatic N) is 5. The predicted molar refractivity (Wildman–Crippen MR) is 94.8 cm³/mol. The van der Waals surface area contributed by atoms with Gasteiger partial charge in [0, 0.05) is 16.7 Å². The minimum Gasteiger partial charge on any atom is -0.233 e. The summed E-state index contributed by atoms with van der Waals surface area (Å²) in [4.78, 5) is 5.24. The molecule has 1 aliphatic rings. The highest BCUT2D eigenvalue weighted by molar-refractivity contribution is 9.11. The number of thioether (sulfide) groups is 1. The zero-order valence-electron chi connectivity index (χ0n) is 12.3. The highest BCUT2D eigenvalue weighted by Crippen LogP contribution is 2.46. The van der Waals surface area contributed by atoms with E-state index >= 15 is 0 Å². The zero-order chi connectivity index (χ0) is 15.8. The molecule has 5 nitrogen and oxygen atoms in total. The minimum atomic E-state index is -0.725. The highest BCUT2D eigenvalue weighted by atomic mass is 79.9. The quantitative estimate of drug-likeness (QED) is 0.606. The van der Waals surface area contributed by atoms with Crippen LogP contribution in [0.4, 0.5) is 0 Å². The first-order valence-electron chi connectivity index (χ1n) is 6.60. The second kappa shape index (κ2) is 6.10. The van der Waals surface area contributed by atoms with E-state index in [1.165, 1.54) is 16.6 Å². The zero-order valence-corrected chi connectivity index (χ0v) is 16.3. The van der Waals surface area contributed by atoms with Crippen molar-refractivity contribution in [1.82, 2.24) is 4.98 Å². The fourth-order valence-electron chi connectivity index (χ4n) is 1.92. The maximum absolute atomic E-state index is 4.75. The Labute approximate surface area is 149 Å². The van der Waals surface area contributed by atoms with Gasteiger partial charge in [-0.2, -0.15) is 0 Å². The van der Waals surface area contributed by atoms with E-state index in [0.717, 1.165) is 13.8 Å². The Morgan fingerprint density at radius 1 is 1.27 bits per heavy atom. The third-order valence-electron chi connectivity index (χ3n) is 2.95. The van der Waals surface area contributed by atoms with E-state index in [2.05, 4.69) is 68.8 Å². The summed E-state index contributed by atoms with van der Waals surface area (Å²) in [6, 6.07) is 4.11. The minimum absolute atomic E-state index is 0.00618. The Morgan fingerprint density at radius 2 is 2.00 bits per heavy atom. The Balaban J connectivity index is 1.86. The van der Waals surface area contributed by atoms with Crippen molar-refractivity contribution in [2.24, 2.45) is 20.7 Å². The molecular formula is C13H14BrN5S3. The first kappa shape index (κ1) is 16.2. The van der Waals surface area contributed by atoms with Crippen molar-refractivity contribution in [2.45, 2.75) is 41.9 Å². The van der Waals surface area contributed by atoms with E-state index in [1.807, 2.05) is 6.07 Å². The lowest BCUT2D eigenvalue weighted by Gasteiger charge is -2.17. The monoisotopic (exact) mass is 415 g/mol. The molecule has 0 aromatic carbocycles. The van der Waals surface area contributed by atoms with Crippen LogP contribution in [-0.2, 0) is 11.8 Å². The lowest BCUT2D eigenvalue weighted by Crippen LogP contribution is -2.19. The maximum Gasteiger partial charge on any atom is 0.251 e. The summed E-state index contributed by atoms with van der Waals surface area (Å²) >= 11 is 8.42. The number of hydrogen-bond donors (Lipinski definition) is 0. The molecule has 0 amide bonds. The van der Waals surface area contributed by atoms with Gasteiger partial charge in [-0.15, -0.1) is 32.9 Å². The van der Waals surface area contributed by atoms with Crippen LogP contribution in [0.15, 0.2) is 46.3 Å². The lowest BCUT2D eigenvalue weighted by molar-refractivity contribution is 0.566. The van der Waals surface area contributed by atoms with Crippen LogP contribution in [0.3, 0.4) is 0 Å². The summed E-state index contributed by atoms with van der Waals surface area (Å²) in [6.07, 6.45) is 0.671. The molecule has 0 saturated heterocycles. The molecule has 0 radical (unpaired) electrons. The van der Waals surface area contributed by atoms with Gasteiger partial charge in [-0.05, 0) is 49.6 Å². The third-order valence-corrected chi connectivity index (χ3v) is 6.73. The molecule has 2 aromatic rings. The molecule has 22 heavy (non-hydrogen) atoms. The topological polar surface area (TPSA) is 62.3 Å². The van der Waals surface area contributed by atoms with Crippen LogP contribution in [-0.4, -0.2) is 9.98 Å². The van der Waals surface area contributed by atoms with Crippen molar-refractivity contribution < 1.29 is 0 Å². The van der Waals surface area contributed by atoms with Gasteiger partial charge < -0.3 is 0 Å². The Kier molecular flexibility index (Phi) is 4.50. The normalized spacial score (nSPS) is 16.5. The largest absolute Gasteiger partial charge is 0.251 e. The van der Waals surface area contributed by atoms with Crippen LogP contribution < -0.4 is 0 Å². The second-order valence-electron chi connectivity index (χ2n) is 5.83. The molecule has 0 bridgehead atoms. The third kappa shape index (κ3) is 3.47. The molecule has 0 saturated carbocycles. The van der Waals surface area contributed by atoms with Crippen LogP contribution in [0.25, 0.3) is 0 Å². The number of halogens is 1. The van der Waals surface area contributed by atoms with Crippen molar-refractivity contribution in [3.05, 3.63) is 31.9 Å². The molecule has 0 unspecified atom stereocenters. The smallest absolute Gasteiger partial charge is 0.233 e. The summed E-state index contributed by atoms with van der Waals surface area (Å²) in [5, 5.41) is 18.0. The van der Waals surface area contributed by atoms with Gasteiger partial charge in [-0.3, -0.25) is 0 Å². The van der Waals surface area contributed by atoms with Gasteiger partial charge in [-0.25, -0.2) is 4.98 Å². The van der Waals surface area contributed by atoms with Gasteiger partial charge in [-0.1, -0.05) is 26.8 Å². The van der Waals surface area contributed by atoms with E-state index in [4.69, 9.17) is 4.98 Å². The molecule has 0 fully saturated rings. The van der Waals surface area contributed by atoms with Gasteiger partial charge in [0.15, 0.2) is 4.34 Å². The SMILES string of the molecule is CC(C)(C)c1nc(SC2(Cc3cccs3)N=NN=N2)sc1Br. The van der Waals surface area contributed by atoms with Gasteiger partial charge >= 0.3 is 0 Å². The van der Waals surface area contributed by atoms with E-state index in [0.29, 0.717) is 6.42 Å². The molecular weight excluding hydrogens is 402 g/mol. The summed E-state index contributed by atoms with van der Waals surface area (Å²) in [5.74, 6) is 0. The lowest BCUT2D eigenvalue weighted by atomic mass is 9.93. The molecule has 0 aliphatic carbocycles. The average molecular weight is 416 g/mol. The maximum atomic E-state index is 4.75. The van der Waals surface area contributed by atoms with E-state index in [9.17, 15) is 0 Å². The van der Waals surface area contributed by atoms with Gasteiger partial charge in [0.2, 0.25) is 0 Å². The first-order valence-corrected chi connectivity index (χ1v) is 9.91. The summed E-state index contributed by atoms with van der Waals surface area (Å²) < 4.78 is 1.98. The fourth-order valence-corrected chi connectivity index (χ4v) is 6.60. The molecule has 0 N–H and O–H groups in total. The number of thiophene rings is 1. The van der Waals surface area contributed by atoms with Crippen LogP contribution in [0.5, 0.6) is 0 Å². The summed E-state index contributed by atoms with van der Waals surface area (Å²) in [7, 11) is 0. The molecule has 0 atom stereocenters. The molecule has 3 rings (SSSR count). The molecule has 116 valence electrons. The molecule has 0 spiro atoms. The molecule has 2 aromatic heterocycles. The van der Waals surface area contributed by atoms with Crippen molar-refractivity contribution >= 4 is 50.4 Å². The van der Waals surface area contributed by atoms with Crippen LogP contribution >= 0.6 is 50.4 Å². The van der Waals surface area contributed by atoms with E-state index in [1.54, 1.807) is 22.7 Å². The van der Waals surface area contributed by atoms with Crippen molar-refractivity contribution in [2.75, 3.05) is 0 Å². The Morgan fingerprint density at radius 3 is 2.55 bits per heavy atom. The van der Waals surface area contributed by atoms with Gasteiger partial charge in [0.05, 0.1) is 9.48 Å². The van der Waals surface area contributed by atoms with Gasteiger partial charge in [0.25, 0.3) is 4.99 Å². The van der Waals surface area contributed by atoms with Crippen LogP contribution in [0, 0.1) is 0 Å². The second-order valence-corrected chi connectivity index (χ2v) is 10.7. The number of hydrogen-bond acceptors (Lipinski definition) is 8. The summed E-state index contributed by atoms with van der Waals surface area (Å²) in [5.41, 5.74) is 1.05. The van der Waals surface area contributed by atoms with Crippen LogP contribution in [0.2, 0.25) is 0 Å². The number of aromatic nitrogens is 1. The van der Waals surface area contributed by atoms with Crippen molar-refractivity contribution in [3.63, 3.8) is 0 Å². The Bertz CT molecular complexity index is 703. The molecule has 3 heterocycles. The van der Waals surface area contributed by atoms with Gasteiger partial charge in [0.1, 0.15) is 0 Å². The standard InChI is InChI=1S/C13H14BrN5S3/c1-12(2,3)9-10(14)21-11(15-9)22-13(16-18-19-17-13)7-8-5-4-6-20-8/h4-6H,7H2,1-3H3. The average Bonchev–Trinajstić information content (AvgIpc) is 3.12. The first-order chi connectivity index (χ1) is 10.4. The predicted octanol–water partition coefficient (Wildman–Crippen LogP) is 6.09. The van der Waals surface area contributed by atoms with Crippen molar-refractivity contribution in [3.8, 4) is 0 Å². The highest BCUT2D eigenvalue weighted by Gasteiger charge is 2.37. The van der Waals surface area contributed by atoms with Crippen LogP contribution in [0.1, 0.15) is 31.3 Å². The Hall–Kier alpha value is -0.640. The fraction of sp³-hybridized carbons (Fsp3) is 0.462. The van der Waals surface area contributed by atoms with E-state index < -0.39 is 4.99 Å². The number of thiazole rings is 1. The van der Waals surface area contributed by atoms with E-state index in [-0.39, 0.29) is 5.41 Å². The molecule has 9 heteroatoms. The molecule has 1 aliphatic heterocycles. The number of rotatable bonds is 4. The summed E-state index contributed by atoms with van der Waals surface area (Å²) in [6.45, 7) is 6.45.